The van der Waals surface area contributed by atoms with Gasteiger partial charge in [-0.1, -0.05) is 30.3 Å². The van der Waals surface area contributed by atoms with Crippen LogP contribution in [0.15, 0.2) is 73.1 Å². The highest BCUT2D eigenvalue weighted by atomic mass is 15.0. The Morgan fingerprint density at radius 2 is 1.87 bits per heavy atom. The first-order chi connectivity index (χ1) is 11.4. The molecule has 0 saturated carbocycles. The highest BCUT2D eigenvalue weighted by molar-refractivity contribution is 5.80. The van der Waals surface area contributed by atoms with Gasteiger partial charge in [-0.3, -0.25) is 9.38 Å². The minimum absolute atomic E-state index is 0.517. The molecule has 0 fully saturated rings. The van der Waals surface area contributed by atoms with E-state index in [1.165, 1.54) is 0 Å². The van der Waals surface area contributed by atoms with E-state index < -0.39 is 0 Å². The van der Waals surface area contributed by atoms with Crippen LogP contribution in [0, 0.1) is 0 Å². The maximum absolute atomic E-state index is 5.80. The lowest BCUT2D eigenvalue weighted by Crippen LogP contribution is -1.97. The van der Waals surface area contributed by atoms with E-state index in [4.69, 9.17) is 10.7 Å². The predicted molar refractivity (Wildman–Crippen MR) is 91.8 cm³/mol. The quantitative estimate of drug-likeness (QED) is 0.630. The van der Waals surface area contributed by atoms with Crippen molar-refractivity contribution in [2.24, 2.45) is 5.73 Å². The maximum atomic E-state index is 5.80. The molecule has 4 aromatic rings. The minimum Gasteiger partial charge on any atom is -0.326 e. The summed E-state index contributed by atoms with van der Waals surface area (Å²) in [6, 6.07) is 20.1. The number of hydrogen-bond acceptors (Lipinski definition) is 3. The first kappa shape index (κ1) is 13.7. The van der Waals surface area contributed by atoms with Gasteiger partial charge in [-0.05, 0) is 35.9 Å². The van der Waals surface area contributed by atoms with Crippen molar-refractivity contribution in [3.63, 3.8) is 0 Å². The van der Waals surface area contributed by atoms with Crippen LogP contribution in [0.4, 0.5) is 0 Å². The van der Waals surface area contributed by atoms with Crippen molar-refractivity contribution >= 4 is 5.65 Å². The number of fused-ring (bicyclic) bond motifs is 1. The molecule has 0 amide bonds. The number of nitrogens with zero attached hydrogens (tertiary/aromatic N) is 3. The monoisotopic (exact) mass is 300 g/mol. The summed E-state index contributed by atoms with van der Waals surface area (Å²) >= 11 is 0. The zero-order valence-electron chi connectivity index (χ0n) is 12.6. The summed E-state index contributed by atoms with van der Waals surface area (Å²) in [6.07, 6.45) is 3.82. The minimum atomic E-state index is 0.517. The van der Waals surface area contributed by atoms with Gasteiger partial charge in [-0.25, -0.2) is 4.98 Å². The van der Waals surface area contributed by atoms with Crippen LogP contribution in [0.3, 0.4) is 0 Å². The van der Waals surface area contributed by atoms with E-state index in [0.29, 0.717) is 6.54 Å². The first-order valence-corrected chi connectivity index (χ1v) is 7.54. The average Bonchev–Trinajstić information content (AvgIpc) is 3.02. The number of benzene rings is 1. The van der Waals surface area contributed by atoms with E-state index in [0.717, 1.165) is 33.9 Å². The van der Waals surface area contributed by atoms with E-state index in [1.807, 2.05) is 54.7 Å². The Morgan fingerprint density at radius 3 is 2.70 bits per heavy atom. The summed E-state index contributed by atoms with van der Waals surface area (Å²) in [7, 11) is 0. The Labute approximate surface area is 134 Å². The van der Waals surface area contributed by atoms with E-state index in [1.54, 1.807) is 6.20 Å². The van der Waals surface area contributed by atoms with Gasteiger partial charge in [-0.2, -0.15) is 0 Å². The van der Waals surface area contributed by atoms with E-state index in [-0.39, 0.29) is 0 Å². The fourth-order valence-corrected chi connectivity index (χ4v) is 2.80. The number of aromatic nitrogens is 3. The molecule has 4 rings (SSSR count). The summed E-state index contributed by atoms with van der Waals surface area (Å²) in [6.45, 7) is 0.517. The number of imidazole rings is 1. The van der Waals surface area contributed by atoms with Crippen LogP contribution in [0.5, 0.6) is 0 Å². The smallest absolute Gasteiger partial charge is 0.138 e. The Balaban J connectivity index is 2.03. The van der Waals surface area contributed by atoms with E-state index in [9.17, 15) is 0 Å². The van der Waals surface area contributed by atoms with Gasteiger partial charge in [0.25, 0.3) is 0 Å². The molecule has 0 aliphatic carbocycles. The number of pyridine rings is 2. The van der Waals surface area contributed by atoms with E-state index in [2.05, 4.69) is 21.5 Å². The second-order valence-electron chi connectivity index (χ2n) is 5.36. The topological polar surface area (TPSA) is 56.2 Å². The van der Waals surface area contributed by atoms with Gasteiger partial charge in [0.05, 0.1) is 11.4 Å². The number of nitrogens with two attached hydrogens (primary N) is 1. The van der Waals surface area contributed by atoms with Crippen LogP contribution >= 0.6 is 0 Å². The lowest BCUT2D eigenvalue weighted by atomic mass is 10.0. The van der Waals surface area contributed by atoms with Crippen molar-refractivity contribution in [1.82, 2.24) is 14.4 Å². The molecule has 0 atom stereocenters. The molecule has 4 nitrogen and oxygen atoms in total. The van der Waals surface area contributed by atoms with Gasteiger partial charge in [0.2, 0.25) is 0 Å². The van der Waals surface area contributed by atoms with Crippen LogP contribution in [0.25, 0.3) is 28.3 Å². The molecule has 112 valence electrons. The van der Waals surface area contributed by atoms with Crippen molar-refractivity contribution in [2.45, 2.75) is 6.54 Å². The highest BCUT2D eigenvalue weighted by Crippen LogP contribution is 2.32. The lowest BCUT2D eigenvalue weighted by Gasteiger charge is -2.07. The molecule has 0 aliphatic heterocycles. The van der Waals surface area contributed by atoms with Crippen molar-refractivity contribution in [2.75, 3.05) is 0 Å². The van der Waals surface area contributed by atoms with Gasteiger partial charge in [0, 0.05) is 24.5 Å². The summed E-state index contributed by atoms with van der Waals surface area (Å²) < 4.78 is 2.10. The van der Waals surface area contributed by atoms with Crippen LogP contribution in [-0.4, -0.2) is 14.4 Å². The third-order valence-electron chi connectivity index (χ3n) is 3.87. The third-order valence-corrected chi connectivity index (χ3v) is 3.87. The molecular formula is C19H16N4. The molecule has 3 heterocycles. The zero-order valence-corrected chi connectivity index (χ0v) is 12.6. The maximum Gasteiger partial charge on any atom is 0.138 e. The Bertz CT molecular complexity index is 957. The molecule has 0 saturated heterocycles. The number of hydrogen-bond donors (Lipinski definition) is 1. The van der Waals surface area contributed by atoms with Gasteiger partial charge < -0.3 is 5.73 Å². The van der Waals surface area contributed by atoms with Crippen LogP contribution < -0.4 is 5.73 Å². The molecule has 4 heteroatoms. The standard InChI is InChI=1S/C19H16N4/c20-13-14-6-5-7-15(12-14)19-18(16-8-1-3-10-21-16)22-17-9-2-4-11-23(17)19/h1-12H,13,20H2. The fourth-order valence-electron chi connectivity index (χ4n) is 2.80. The molecule has 0 aliphatic rings. The summed E-state index contributed by atoms with van der Waals surface area (Å²) in [5.74, 6) is 0. The van der Waals surface area contributed by atoms with Gasteiger partial charge in [-0.15, -0.1) is 0 Å². The normalized spacial score (nSPS) is 11.0. The average molecular weight is 300 g/mol. The Morgan fingerprint density at radius 1 is 0.957 bits per heavy atom. The largest absolute Gasteiger partial charge is 0.326 e. The number of rotatable bonds is 3. The molecule has 3 aromatic heterocycles. The Kier molecular flexibility index (Phi) is 3.37. The SMILES string of the molecule is NCc1cccc(-c2c(-c3ccccn3)nc3ccccn23)c1. The molecule has 0 unspecified atom stereocenters. The molecule has 1 aromatic carbocycles. The van der Waals surface area contributed by atoms with Crippen LogP contribution in [0.1, 0.15) is 5.56 Å². The van der Waals surface area contributed by atoms with Crippen LogP contribution in [0.2, 0.25) is 0 Å². The molecule has 0 spiro atoms. The van der Waals surface area contributed by atoms with Gasteiger partial charge in [0.15, 0.2) is 0 Å². The van der Waals surface area contributed by atoms with Crippen LogP contribution in [-0.2, 0) is 6.54 Å². The van der Waals surface area contributed by atoms with Gasteiger partial charge >= 0.3 is 0 Å². The lowest BCUT2D eigenvalue weighted by molar-refractivity contribution is 1.07. The zero-order chi connectivity index (χ0) is 15.6. The first-order valence-electron chi connectivity index (χ1n) is 7.54. The fraction of sp³-hybridized carbons (Fsp3) is 0.0526. The molecule has 0 bridgehead atoms. The van der Waals surface area contributed by atoms with Crippen molar-refractivity contribution in [3.05, 3.63) is 78.6 Å². The summed E-state index contributed by atoms with van der Waals surface area (Å²) in [5.41, 5.74) is 11.7. The molecule has 2 N–H and O–H groups in total. The molecule has 23 heavy (non-hydrogen) atoms. The van der Waals surface area contributed by atoms with Gasteiger partial charge in [0.1, 0.15) is 11.3 Å². The molecule has 0 radical (unpaired) electrons. The second kappa shape index (κ2) is 5.66. The van der Waals surface area contributed by atoms with Crippen molar-refractivity contribution in [1.29, 1.82) is 0 Å². The predicted octanol–water partition coefficient (Wildman–Crippen LogP) is 3.52. The van der Waals surface area contributed by atoms with E-state index >= 15 is 0 Å². The highest BCUT2D eigenvalue weighted by Gasteiger charge is 2.16. The second-order valence-corrected chi connectivity index (χ2v) is 5.36. The summed E-state index contributed by atoms with van der Waals surface area (Å²) in [4.78, 5) is 9.26. The molecular weight excluding hydrogens is 284 g/mol. The Hall–Kier alpha value is -2.98. The third kappa shape index (κ3) is 2.39. The van der Waals surface area contributed by atoms with Crippen molar-refractivity contribution < 1.29 is 0 Å². The summed E-state index contributed by atoms with van der Waals surface area (Å²) in [5, 5.41) is 0. The van der Waals surface area contributed by atoms with Crippen molar-refractivity contribution in [3.8, 4) is 22.6 Å².